The summed E-state index contributed by atoms with van der Waals surface area (Å²) in [7, 11) is -2.83. The Morgan fingerprint density at radius 1 is 0.892 bits per heavy atom. The second-order valence-corrected chi connectivity index (χ2v) is 10.3. The lowest BCUT2D eigenvalue weighted by atomic mass is 10.1. The quantitative estimate of drug-likeness (QED) is 0.430. The zero-order valence-electron chi connectivity index (χ0n) is 20.8. The van der Waals surface area contributed by atoms with Crippen LogP contribution in [0.15, 0.2) is 77.7 Å². The number of nitrogens with zero attached hydrogens (tertiary/aromatic N) is 2. The van der Waals surface area contributed by atoms with Crippen molar-refractivity contribution in [2.24, 2.45) is 0 Å². The molecule has 10 heteroatoms. The van der Waals surface area contributed by atoms with Gasteiger partial charge in [-0.1, -0.05) is 36.8 Å². The summed E-state index contributed by atoms with van der Waals surface area (Å²) < 4.78 is 55.1. The van der Waals surface area contributed by atoms with Gasteiger partial charge in [0.2, 0.25) is 11.8 Å². The summed E-state index contributed by atoms with van der Waals surface area (Å²) >= 11 is 0. The fourth-order valence-electron chi connectivity index (χ4n) is 3.85. The average molecular weight is 530 g/mol. The Hall–Kier alpha value is -3.79. The van der Waals surface area contributed by atoms with Gasteiger partial charge in [-0.3, -0.25) is 13.9 Å². The van der Waals surface area contributed by atoms with Crippen molar-refractivity contribution in [1.29, 1.82) is 0 Å². The number of likely N-dealkylation sites (N-methyl/N-ethyl adjacent to an activating group) is 1. The third-order valence-electron chi connectivity index (χ3n) is 5.90. The van der Waals surface area contributed by atoms with Gasteiger partial charge in [-0.25, -0.2) is 17.2 Å². The maximum Gasteiger partial charge on any atom is 0.264 e. The predicted molar refractivity (Wildman–Crippen MR) is 137 cm³/mol. The fraction of sp³-hybridized carbons (Fsp3) is 0.259. The Morgan fingerprint density at radius 2 is 1.43 bits per heavy atom. The normalized spacial score (nSPS) is 12.0. The number of rotatable bonds is 10. The molecule has 0 saturated heterocycles. The smallest absolute Gasteiger partial charge is 0.264 e. The van der Waals surface area contributed by atoms with Crippen molar-refractivity contribution in [1.82, 2.24) is 10.2 Å². The van der Waals surface area contributed by atoms with E-state index in [4.69, 9.17) is 0 Å². The Morgan fingerprint density at radius 3 is 1.95 bits per heavy atom. The SMILES string of the molecule is CC[C@H](C(=O)NC)N(Cc1ccc(F)cc1)C(=O)CN(c1ccc(C)cc1)S(=O)(=O)c1ccc(F)cc1. The first-order valence-corrected chi connectivity index (χ1v) is 13.1. The summed E-state index contributed by atoms with van der Waals surface area (Å²) in [6, 6.07) is 15.5. The summed E-state index contributed by atoms with van der Waals surface area (Å²) in [5.41, 5.74) is 1.69. The lowest BCUT2D eigenvalue weighted by Gasteiger charge is -2.33. The van der Waals surface area contributed by atoms with E-state index < -0.39 is 46.1 Å². The highest BCUT2D eigenvalue weighted by molar-refractivity contribution is 7.92. The molecule has 0 fully saturated rings. The van der Waals surface area contributed by atoms with Crippen LogP contribution >= 0.6 is 0 Å². The second-order valence-electron chi connectivity index (χ2n) is 8.49. The molecule has 0 aromatic heterocycles. The molecule has 0 spiro atoms. The van der Waals surface area contributed by atoms with E-state index in [2.05, 4.69) is 5.32 Å². The molecule has 0 radical (unpaired) electrons. The van der Waals surface area contributed by atoms with Crippen LogP contribution in [-0.2, 0) is 26.2 Å². The minimum absolute atomic E-state index is 0.0383. The van der Waals surface area contributed by atoms with Crippen molar-refractivity contribution in [2.45, 2.75) is 37.8 Å². The third kappa shape index (κ3) is 6.71. The largest absolute Gasteiger partial charge is 0.357 e. The van der Waals surface area contributed by atoms with Crippen LogP contribution in [0.5, 0.6) is 0 Å². The van der Waals surface area contributed by atoms with E-state index in [1.54, 1.807) is 31.2 Å². The molecule has 3 aromatic rings. The van der Waals surface area contributed by atoms with Gasteiger partial charge in [0, 0.05) is 13.6 Å². The van der Waals surface area contributed by atoms with Crippen LogP contribution in [0.4, 0.5) is 14.5 Å². The number of halogens is 2. The van der Waals surface area contributed by atoms with Crippen LogP contribution in [0.25, 0.3) is 0 Å². The number of carbonyl (C=O) groups is 2. The lowest BCUT2D eigenvalue weighted by molar-refractivity contribution is -0.140. The number of anilines is 1. The molecule has 3 rings (SSSR count). The van der Waals surface area contributed by atoms with Crippen LogP contribution in [0, 0.1) is 18.6 Å². The Labute approximate surface area is 215 Å². The van der Waals surface area contributed by atoms with E-state index in [-0.39, 0.29) is 23.5 Å². The van der Waals surface area contributed by atoms with Crippen LogP contribution in [0.1, 0.15) is 24.5 Å². The number of nitrogens with one attached hydrogen (secondary N) is 1. The number of hydrogen-bond donors (Lipinski definition) is 1. The molecule has 0 aliphatic carbocycles. The minimum atomic E-state index is -4.28. The van der Waals surface area contributed by atoms with Gasteiger partial charge < -0.3 is 10.2 Å². The van der Waals surface area contributed by atoms with E-state index in [0.29, 0.717) is 5.56 Å². The van der Waals surface area contributed by atoms with Gasteiger partial charge >= 0.3 is 0 Å². The molecular weight excluding hydrogens is 500 g/mol. The van der Waals surface area contributed by atoms with Gasteiger partial charge in [0.15, 0.2) is 0 Å². The molecule has 196 valence electrons. The molecule has 0 bridgehead atoms. The van der Waals surface area contributed by atoms with Crippen LogP contribution in [0.3, 0.4) is 0 Å². The molecule has 0 aliphatic rings. The molecule has 0 saturated carbocycles. The molecule has 0 aliphatic heterocycles. The van der Waals surface area contributed by atoms with E-state index >= 15 is 0 Å². The average Bonchev–Trinajstić information content (AvgIpc) is 2.88. The molecule has 37 heavy (non-hydrogen) atoms. The second kappa shape index (κ2) is 12.0. The van der Waals surface area contributed by atoms with Crippen molar-refractivity contribution in [3.63, 3.8) is 0 Å². The Kier molecular flexibility index (Phi) is 8.99. The van der Waals surface area contributed by atoms with Gasteiger partial charge in [0.05, 0.1) is 10.6 Å². The number of sulfonamides is 1. The maximum atomic E-state index is 13.7. The molecule has 1 atom stereocenters. The van der Waals surface area contributed by atoms with Gasteiger partial charge in [-0.15, -0.1) is 0 Å². The van der Waals surface area contributed by atoms with Crippen molar-refractivity contribution in [3.05, 3.63) is 95.6 Å². The van der Waals surface area contributed by atoms with E-state index in [9.17, 15) is 26.8 Å². The molecule has 0 unspecified atom stereocenters. The molecule has 2 amide bonds. The van der Waals surface area contributed by atoms with Crippen LogP contribution in [0.2, 0.25) is 0 Å². The minimum Gasteiger partial charge on any atom is -0.357 e. The maximum absolute atomic E-state index is 13.7. The molecular formula is C27H29F2N3O4S. The predicted octanol–water partition coefficient (Wildman–Crippen LogP) is 4.02. The van der Waals surface area contributed by atoms with Crippen molar-refractivity contribution in [3.8, 4) is 0 Å². The third-order valence-corrected chi connectivity index (χ3v) is 7.69. The number of benzene rings is 3. The van der Waals surface area contributed by atoms with Gasteiger partial charge in [0.1, 0.15) is 24.2 Å². The monoisotopic (exact) mass is 529 g/mol. The first kappa shape index (κ1) is 27.8. The number of aryl methyl sites for hydroxylation is 1. The Balaban J connectivity index is 2.04. The van der Waals surface area contributed by atoms with Gasteiger partial charge in [-0.2, -0.15) is 0 Å². The highest BCUT2D eigenvalue weighted by Crippen LogP contribution is 2.25. The summed E-state index contributed by atoms with van der Waals surface area (Å²) in [4.78, 5) is 27.5. The first-order chi connectivity index (χ1) is 17.6. The zero-order chi connectivity index (χ0) is 27.2. The van der Waals surface area contributed by atoms with E-state index in [0.717, 1.165) is 34.1 Å². The molecule has 0 heterocycles. The summed E-state index contributed by atoms with van der Waals surface area (Å²) in [5, 5.41) is 2.54. The molecule has 1 N–H and O–H groups in total. The Bertz CT molecular complexity index is 1330. The summed E-state index contributed by atoms with van der Waals surface area (Å²) in [6.07, 6.45) is 0.266. The highest BCUT2D eigenvalue weighted by atomic mass is 32.2. The highest BCUT2D eigenvalue weighted by Gasteiger charge is 2.33. The van der Waals surface area contributed by atoms with E-state index in [1.807, 2.05) is 6.92 Å². The summed E-state index contributed by atoms with van der Waals surface area (Å²) in [5.74, 6) is -2.10. The fourth-order valence-corrected chi connectivity index (χ4v) is 5.26. The molecule has 7 nitrogen and oxygen atoms in total. The topological polar surface area (TPSA) is 86.8 Å². The number of hydrogen-bond acceptors (Lipinski definition) is 4. The number of carbonyl (C=O) groups excluding carboxylic acids is 2. The zero-order valence-corrected chi connectivity index (χ0v) is 21.6. The summed E-state index contributed by atoms with van der Waals surface area (Å²) in [6.45, 7) is 2.92. The van der Waals surface area contributed by atoms with Crippen molar-refractivity contribution < 1.29 is 26.8 Å². The number of amides is 2. The van der Waals surface area contributed by atoms with Gasteiger partial charge in [0.25, 0.3) is 10.0 Å². The van der Waals surface area contributed by atoms with Crippen molar-refractivity contribution in [2.75, 3.05) is 17.9 Å². The van der Waals surface area contributed by atoms with Crippen molar-refractivity contribution >= 4 is 27.5 Å². The lowest BCUT2D eigenvalue weighted by Crippen LogP contribution is -2.51. The van der Waals surface area contributed by atoms with Crippen LogP contribution in [-0.4, -0.2) is 44.8 Å². The van der Waals surface area contributed by atoms with Crippen LogP contribution < -0.4 is 9.62 Å². The molecule has 3 aromatic carbocycles. The van der Waals surface area contributed by atoms with E-state index in [1.165, 1.54) is 36.2 Å². The first-order valence-electron chi connectivity index (χ1n) is 11.7. The standard InChI is InChI=1S/C27H29F2N3O4S/c1-4-25(27(34)30-3)31(17-20-7-9-21(28)10-8-20)26(33)18-32(23-13-5-19(2)6-14-23)37(35,36)24-15-11-22(29)12-16-24/h5-16,25H,4,17-18H2,1-3H3,(H,30,34)/t25-/m1/s1. The van der Waals surface area contributed by atoms with Gasteiger partial charge in [-0.05, 0) is 67.4 Å².